The third-order valence-corrected chi connectivity index (χ3v) is 4.91. The number of nitrogens with zero attached hydrogens (tertiary/aromatic N) is 5. The van der Waals surface area contributed by atoms with Crippen LogP contribution in [0.1, 0.15) is 13.8 Å². The van der Waals surface area contributed by atoms with Gasteiger partial charge in [-0.05, 0) is 13.1 Å². The second-order valence-corrected chi connectivity index (χ2v) is 6.36. The van der Waals surface area contributed by atoms with Crippen LogP contribution in [0.2, 0.25) is 0 Å². The summed E-state index contributed by atoms with van der Waals surface area (Å²) in [7, 11) is 3.16. The van der Waals surface area contributed by atoms with Crippen LogP contribution in [0.15, 0.2) is 39.9 Å². The monoisotopic (exact) mass is 355 g/mol. The van der Waals surface area contributed by atoms with Crippen LogP contribution in [0, 0.1) is 0 Å². The highest BCUT2D eigenvalue weighted by atomic mass is 16.2. The highest BCUT2D eigenvalue weighted by Crippen LogP contribution is 2.22. The van der Waals surface area contributed by atoms with Crippen molar-refractivity contribution in [1.82, 2.24) is 23.6 Å². The van der Waals surface area contributed by atoms with Crippen molar-refractivity contribution in [3.63, 3.8) is 0 Å². The van der Waals surface area contributed by atoms with E-state index in [4.69, 9.17) is 0 Å². The molecular weight excluding hydrogens is 330 g/mol. The predicted molar refractivity (Wildman–Crippen MR) is 103 cm³/mol. The molecule has 0 saturated carbocycles. The van der Waals surface area contributed by atoms with Crippen molar-refractivity contribution in [1.29, 1.82) is 0 Å². The number of benzene rings is 1. The molecule has 2 aromatic heterocycles. The standard InChI is InChI=1S/C19H25N5O2/c1-5-23(6-2)12-13-24-15-17(21(3)19(26)22(4)18(15)25)20-16(24)14-10-8-7-9-11-14/h7-11H,5-6,12-13H2,1-4H3. The molecule has 0 unspecified atom stereocenters. The first-order valence-electron chi connectivity index (χ1n) is 8.93. The van der Waals surface area contributed by atoms with E-state index in [0.29, 0.717) is 23.5 Å². The molecule has 0 fully saturated rings. The van der Waals surface area contributed by atoms with Gasteiger partial charge in [-0.2, -0.15) is 0 Å². The van der Waals surface area contributed by atoms with Gasteiger partial charge in [0.1, 0.15) is 5.82 Å². The van der Waals surface area contributed by atoms with Crippen LogP contribution in [0.3, 0.4) is 0 Å². The highest BCUT2D eigenvalue weighted by molar-refractivity contribution is 5.77. The van der Waals surface area contributed by atoms with Crippen LogP contribution in [-0.4, -0.2) is 43.2 Å². The van der Waals surface area contributed by atoms with Crippen LogP contribution >= 0.6 is 0 Å². The van der Waals surface area contributed by atoms with Gasteiger partial charge < -0.3 is 9.47 Å². The molecule has 138 valence electrons. The molecule has 7 heteroatoms. The minimum absolute atomic E-state index is 0.308. The van der Waals surface area contributed by atoms with Gasteiger partial charge in [0.2, 0.25) is 0 Å². The molecule has 0 saturated heterocycles. The summed E-state index contributed by atoms with van der Waals surface area (Å²) in [6.45, 7) is 7.58. The Bertz CT molecular complexity index is 1030. The Labute approximate surface area is 152 Å². The smallest absolute Gasteiger partial charge is 0.317 e. The first-order valence-corrected chi connectivity index (χ1v) is 8.93. The molecule has 2 heterocycles. The largest absolute Gasteiger partial charge is 0.332 e. The fourth-order valence-electron chi connectivity index (χ4n) is 3.25. The number of rotatable bonds is 6. The van der Waals surface area contributed by atoms with Crippen molar-refractivity contribution in [2.75, 3.05) is 19.6 Å². The maximum absolute atomic E-state index is 12.8. The van der Waals surface area contributed by atoms with Crippen LogP contribution in [0.25, 0.3) is 22.6 Å². The minimum Gasteiger partial charge on any atom is -0.317 e. The molecule has 0 aliphatic heterocycles. The fraction of sp³-hybridized carbons (Fsp3) is 0.421. The van der Waals surface area contributed by atoms with Gasteiger partial charge in [0.15, 0.2) is 11.2 Å². The summed E-state index contributed by atoms with van der Waals surface area (Å²) >= 11 is 0. The summed E-state index contributed by atoms with van der Waals surface area (Å²) in [5.41, 5.74) is 1.16. The van der Waals surface area contributed by atoms with Gasteiger partial charge in [0.25, 0.3) is 5.56 Å². The Kier molecular flexibility index (Phi) is 5.08. The lowest BCUT2D eigenvalue weighted by Gasteiger charge is -2.19. The number of hydrogen-bond donors (Lipinski definition) is 0. The molecular formula is C19H25N5O2. The van der Waals surface area contributed by atoms with Crippen LogP contribution in [0.5, 0.6) is 0 Å². The third kappa shape index (κ3) is 2.99. The van der Waals surface area contributed by atoms with E-state index in [0.717, 1.165) is 29.8 Å². The first kappa shape index (κ1) is 18.1. The molecule has 7 nitrogen and oxygen atoms in total. The summed E-state index contributed by atoms with van der Waals surface area (Å²) in [6.07, 6.45) is 0. The number of aromatic nitrogens is 4. The number of aryl methyl sites for hydroxylation is 1. The highest BCUT2D eigenvalue weighted by Gasteiger charge is 2.20. The zero-order chi connectivity index (χ0) is 18.8. The van der Waals surface area contributed by atoms with Gasteiger partial charge >= 0.3 is 5.69 Å². The van der Waals surface area contributed by atoms with Gasteiger partial charge in [-0.25, -0.2) is 9.78 Å². The van der Waals surface area contributed by atoms with Crippen LogP contribution < -0.4 is 11.2 Å². The molecule has 0 bridgehead atoms. The molecule has 0 aliphatic rings. The van der Waals surface area contributed by atoms with E-state index in [1.165, 1.54) is 11.6 Å². The van der Waals surface area contributed by atoms with E-state index in [1.807, 2.05) is 34.9 Å². The minimum atomic E-state index is -0.365. The maximum Gasteiger partial charge on any atom is 0.332 e. The lowest BCUT2D eigenvalue weighted by atomic mass is 10.2. The van der Waals surface area contributed by atoms with E-state index in [2.05, 4.69) is 23.7 Å². The predicted octanol–water partition coefficient (Wildman–Crippen LogP) is 1.44. The summed E-state index contributed by atoms with van der Waals surface area (Å²) < 4.78 is 4.54. The Morgan fingerprint density at radius 2 is 1.65 bits per heavy atom. The second kappa shape index (κ2) is 7.29. The molecule has 0 radical (unpaired) electrons. The topological polar surface area (TPSA) is 65.1 Å². The Balaban J connectivity index is 2.27. The van der Waals surface area contributed by atoms with Gasteiger partial charge in [-0.3, -0.25) is 13.9 Å². The zero-order valence-electron chi connectivity index (χ0n) is 15.8. The Morgan fingerprint density at radius 1 is 1.00 bits per heavy atom. The van der Waals surface area contributed by atoms with Crippen molar-refractivity contribution >= 4 is 11.2 Å². The van der Waals surface area contributed by atoms with Crippen molar-refractivity contribution < 1.29 is 0 Å². The molecule has 0 amide bonds. The Hall–Kier alpha value is -2.67. The summed E-state index contributed by atoms with van der Waals surface area (Å²) in [6, 6.07) is 9.78. The second-order valence-electron chi connectivity index (χ2n) is 6.36. The molecule has 0 spiro atoms. The number of imidazole rings is 1. The average molecular weight is 355 g/mol. The zero-order valence-corrected chi connectivity index (χ0v) is 15.8. The maximum atomic E-state index is 12.8. The first-order chi connectivity index (χ1) is 12.5. The van der Waals surface area contributed by atoms with Crippen molar-refractivity contribution in [3.8, 4) is 11.4 Å². The van der Waals surface area contributed by atoms with Gasteiger partial charge in [-0.1, -0.05) is 44.2 Å². The number of fused-ring (bicyclic) bond motifs is 1. The van der Waals surface area contributed by atoms with Crippen molar-refractivity contribution in [2.24, 2.45) is 14.1 Å². The quantitative estimate of drug-likeness (QED) is 0.671. The lowest BCUT2D eigenvalue weighted by molar-refractivity contribution is 0.292. The van der Waals surface area contributed by atoms with Gasteiger partial charge in [0, 0.05) is 32.7 Å². The van der Waals surface area contributed by atoms with Gasteiger partial charge in [0.05, 0.1) is 0 Å². The third-order valence-electron chi connectivity index (χ3n) is 4.91. The van der Waals surface area contributed by atoms with E-state index in [9.17, 15) is 9.59 Å². The van der Waals surface area contributed by atoms with Crippen molar-refractivity contribution in [2.45, 2.75) is 20.4 Å². The van der Waals surface area contributed by atoms with Crippen LogP contribution in [-0.2, 0) is 20.6 Å². The lowest BCUT2D eigenvalue weighted by Crippen LogP contribution is -2.38. The number of likely N-dealkylation sites (N-methyl/N-ethyl adjacent to an activating group) is 1. The normalized spacial score (nSPS) is 11.6. The molecule has 1 aromatic carbocycles. The summed E-state index contributed by atoms with van der Waals surface area (Å²) in [4.78, 5) is 32.1. The number of hydrogen-bond acceptors (Lipinski definition) is 4. The molecule has 0 atom stereocenters. The van der Waals surface area contributed by atoms with E-state index in [-0.39, 0.29) is 11.2 Å². The molecule has 0 N–H and O–H groups in total. The van der Waals surface area contributed by atoms with Crippen molar-refractivity contribution in [3.05, 3.63) is 51.2 Å². The summed E-state index contributed by atoms with van der Waals surface area (Å²) in [5.74, 6) is 0.714. The van der Waals surface area contributed by atoms with Gasteiger partial charge in [-0.15, -0.1) is 0 Å². The Morgan fingerprint density at radius 3 is 2.27 bits per heavy atom. The molecule has 0 aliphatic carbocycles. The van der Waals surface area contributed by atoms with Crippen LogP contribution in [0.4, 0.5) is 0 Å². The molecule has 26 heavy (non-hydrogen) atoms. The van der Waals surface area contributed by atoms with E-state index < -0.39 is 0 Å². The molecule has 3 rings (SSSR count). The summed E-state index contributed by atoms with van der Waals surface area (Å²) in [5, 5.41) is 0. The SMILES string of the molecule is CCN(CC)CCn1c(-c2ccccc2)nc2c1c(=O)n(C)c(=O)n2C. The van der Waals surface area contributed by atoms with E-state index in [1.54, 1.807) is 7.05 Å². The van der Waals surface area contributed by atoms with E-state index >= 15 is 0 Å². The fourth-order valence-corrected chi connectivity index (χ4v) is 3.25. The average Bonchev–Trinajstić information content (AvgIpc) is 3.06. The molecule has 3 aromatic rings.